The molecule has 2 aliphatic heterocycles. The molecule has 1 fully saturated rings. The normalized spacial score (nSPS) is 18.1. The van der Waals surface area contributed by atoms with Gasteiger partial charge < -0.3 is 14.6 Å². The first-order valence-electron chi connectivity index (χ1n) is 13.7. The second kappa shape index (κ2) is 11.2. The lowest BCUT2D eigenvalue weighted by molar-refractivity contribution is 0.0904. The number of nitrogens with one attached hydrogen (secondary N) is 1. The Labute approximate surface area is 224 Å². The number of aryl methyl sites for hydroxylation is 1. The topological polar surface area (TPSA) is 59.4 Å². The first kappa shape index (κ1) is 24.4. The largest absolute Gasteiger partial charge is 0.457 e. The number of rotatable bonds is 7. The number of carbonyl (C=O) groups excluding carboxylic acids is 1. The lowest BCUT2D eigenvalue weighted by Gasteiger charge is -2.32. The van der Waals surface area contributed by atoms with Gasteiger partial charge >= 0.3 is 0 Å². The predicted molar refractivity (Wildman–Crippen MR) is 148 cm³/mol. The third-order valence-electron chi connectivity index (χ3n) is 7.73. The summed E-state index contributed by atoms with van der Waals surface area (Å²) in [6.07, 6.45) is 5.78. The van der Waals surface area contributed by atoms with Crippen LogP contribution in [0.2, 0.25) is 0 Å². The van der Waals surface area contributed by atoms with Crippen LogP contribution >= 0.6 is 0 Å². The van der Waals surface area contributed by atoms with Gasteiger partial charge in [0.25, 0.3) is 5.91 Å². The summed E-state index contributed by atoms with van der Waals surface area (Å²) in [4.78, 5) is 20.2. The van der Waals surface area contributed by atoms with E-state index in [9.17, 15) is 4.79 Å². The van der Waals surface area contributed by atoms with Crippen molar-refractivity contribution in [1.82, 2.24) is 19.8 Å². The van der Waals surface area contributed by atoms with E-state index in [1.807, 2.05) is 48.7 Å². The van der Waals surface area contributed by atoms with Gasteiger partial charge in [0.1, 0.15) is 23.0 Å². The molecule has 1 atom stereocenters. The van der Waals surface area contributed by atoms with Crippen molar-refractivity contribution in [1.29, 1.82) is 0 Å². The molecule has 1 amide bonds. The van der Waals surface area contributed by atoms with E-state index < -0.39 is 0 Å². The molecule has 3 heterocycles. The second-order valence-corrected chi connectivity index (χ2v) is 10.4. The van der Waals surface area contributed by atoms with Crippen LogP contribution in [0.3, 0.4) is 0 Å². The third kappa shape index (κ3) is 5.81. The van der Waals surface area contributed by atoms with Crippen molar-refractivity contribution in [2.24, 2.45) is 0 Å². The summed E-state index contributed by atoms with van der Waals surface area (Å²) in [6, 6.07) is 29.0. The van der Waals surface area contributed by atoms with Crippen molar-refractivity contribution in [3.05, 3.63) is 114 Å². The molecule has 0 aliphatic carbocycles. The number of likely N-dealkylation sites (tertiary alicyclic amines) is 1. The lowest BCUT2D eigenvalue weighted by atomic mass is 9.91. The van der Waals surface area contributed by atoms with Crippen molar-refractivity contribution in [2.45, 2.75) is 50.7 Å². The van der Waals surface area contributed by atoms with Gasteiger partial charge in [-0.15, -0.1) is 0 Å². The Morgan fingerprint density at radius 3 is 2.29 bits per heavy atom. The van der Waals surface area contributed by atoms with E-state index >= 15 is 0 Å². The molecule has 1 aromatic heterocycles. The number of para-hydroxylation sites is 1. The first-order chi connectivity index (χ1) is 18.7. The molecule has 0 saturated carbocycles. The van der Waals surface area contributed by atoms with Crippen molar-refractivity contribution in [2.75, 3.05) is 13.1 Å². The molecule has 4 aromatic rings. The SMILES string of the molecule is O=C(NC1CCN(Cc2ccccc2)CC1)c1cn2c(n1)CC[C@@H](c1ccc(Oc3ccccc3)cc1)C2. The quantitative estimate of drug-likeness (QED) is 0.344. The van der Waals surface area contributed by atoms with Crippen molar-refractivity contribution < 1.29 is 9.53 Å². The van der Waals surface area contributed by atoms with Crippen LogP contribution in [-0.2, 0) is 19.5 Å². The number of carbonyl (C=O) groups is 1. The van der Waals surface area contributed by atoms with Crippen molar-refractivity contribution >= 4 is 5.91 Å². The Hall–Kier alpha value is -3.90. The maximum Gasteiger partial charge on any atom is 0.271 e. The zero-order chi connectivity index (χ0) is 25.7. The molecule has 194 valence electrons. The van der Waals surface area contributed by atoms with Crippen LogP contribution in [0.4, 0.5) is 0 Å². The number of nitrogens with zero attached hydrogens (tertiary/aromatic N) is 3. The molecule has 6 nitrogen and oxygen atoms in total. The minimum absolute atomic E-state index is 0.0487. The summed E-state index contributed by atoms with van der Waals surface area (Å²) >= 11 is 0. The predicted octanol–water partition coefficient (Wildman–Crippen LogP) is 5.80. The Morgan fingerprint density at radius 2 is 1.55 bits per heavy atom. The first-order valence-corrected chi connectivity index (χ1v) is 13.7. The molecule has 6 heteroatoms. The number of amides is 1. The second-order valence-electron chi connectivity index (χ2n) is 10.4. The van der Waals surface area contributed by atoms with Crippen molar-refractivity contribution in [3.63, 3.8) is 0 Å². The summed E-state index contributed by atoms with van der Waals surface area (Å²) in [6.45, 7) is 3.80. The Morgan fingerprint density at radius 1 is 0.868 bits per heavy atom. The molecule has 0 radical (unpaired) electrons. The van der Waals surface area contributed by atoms with E-state index in [0.717, 1.165) is 69.2 Å². The Kier molecular flexibility index (Phi) is 7.22. The number of piperidine rings is 1. The van der Waals surface area contributed by atoms with Gasteiger partial charge in [-0.25, -0.2) is 4.98 Å². The van der Waals surface area contributed by atoms with Crippen LogP contribution in [0.15, 0.2) is 91.1 Å². The third-order valence-corrected chi connectivity index (χ3v) is 7.73. The van der Waals surface area contributed by atoms with Gasteiger partial charge in [0.2, 0.25) is 0 Å². The fraction of sp³-hybridized carbons (Fsp3) is 0.312. The zero-order valence-corrected chi connectivity index (χ0v) is 21.6. The highest BCUT2D eigenvalue weighted by molar-refractivity contribution is 5.92. The maximum atomic E-state index is 13.0. The van der Waals surface area contributed by atoms with Crippen LogP contribution < -0.4 is 10.1 Å². The molecule has 6 rings (SSSR count). The Balaban J connectivity index is 1.02. The minimum atomic E-state index is -0.0487. The van der Waals surface area contributed by atoms with E-state index in [2.05, 4.69) is 57.2 Å². The molecule has 38 heavy (non-hydrogen) atoms. The average molecular weight is 507 g/mol. The molecule has 2 aliphatic rings. The van der Waals surface area contributed by atoms with Gasteiger partial charge in [0.05, 0.1) is 0 Å². The van der Waals surface area contributed by atoms with E-state index in [1.54, 1.807) is 0 Å². The van der Waals surface area contributed by atoms with E-state index in [4.69, 9.17) is 9.72 Å². The number of aromatic nitrogens is 2. The van der Waals surface area contributed by atoms with Crippen LogP contribution in [0.5, 0.6) is 11.5 Å². The van der Waals surface area contributed by atoms with Crippen LogP contribution in [0, 0.1) is 0 Å². The molecular weight excluding hydrogens is 472 g/mol. The lowest BCUT2D eigenvalue weighted by Crippen LogP contribution is -2.44. The maximum absolute atomic E-state index is 13.0. The number of imidazole rings is 1. The highest BCUT2D eigenvalue weighted by atomic mass is 16.5. The zero-order valence-electron chi connectivity index (χ0n) is 21.6. The standard InChI is InChI=1S/C32H34N4O2/c37-32(33-27-17-19-35(20-18-27)21-24-7-3-1-4-8-24)30-23-36-22-26(13-16-31(36)34-30)25-11-14-29(15-12-25)38-28-9-5-2-6-10-28/h1-12,14-15,23,26-27H,13,16-22H2,(H,33,37)/t26-/m1/s1. The monoisotopic (exact) mass is 506 g/mol. The molecule has 0 spiro atoms. The van der Waals surface area contributed by atoms with Crippen LogP contribution in [0.25, 0.3) is 0 Å². The van der Waals surface area contributed by atoms with Gasteiger partial charge in [-0.1, -0.05) is 60.7 Å². The summed E-state index contributed by atoms with van der Waals surface area (Å²) in [5, 5.41) is 3.24. The van der Waals surface area contributed by atoms with E-state index in [1.165, 1.54) is 11.1 Å². The number of hydrogen-bond acceptors (Lipinski definition) is 4. The number of hydrogen-bond donors (Lipinski definition) is 1. The Bertz CT molecular complexity index is 1340. The highest BCUT2D eigenvalue weighted by Crippen LogP contribution is 2.31. The van der Waals surface area contributed by atoms with Gasteiger partial charge in [-0.2, -0.15) is 0 Å². The molecule has 0 unspecified atom stereocenters. The van der Waals surface area contributed by atoms with E-state index in [0.29, 0.717) is 11.6 Å². The smallest absolute Gasteiger partial charge is 0.271 e. The fourth-order valence-corrected chi connectivity index (χ4v) is 5.59. The molecule has 1 N–H and O–H groups in total. The van der Waals surface area contributed by atoms with Gasteiger partial charge in [0.15, 0.2) is 0 Å². The summed E-state index contributed by atoms with van der Waals surface area (Å²) < 4.78 is 8.11. The number of ether oxygens (including phenoxy) is 1. The van der Waals surface area contributed by atoms with Gasteiger partial charge in [-0.3, -0.25) is 9.69 Å². The average Bonchev–Trinajstić information content (AvgIpc) is 3.40. The van der Waals surface area contributed by atoms with Gasteiger partial charge in [-0.05, 0) is 54.7 Å². The molecule has 3 aromatic carbocycles. The van der Waals surface area contributed by atoms with Crippen LogP contribution in [-0.4, -0.2) is 39.5 Å². The molecule has 0 bridgehead atoms. The van der Waals surface area contributed by atoms with E-state index in [-0.39, 0.29) is 11.9 Å². The van der Waals surface area contributed by atoms with Crippen molar-refractivity contribution in [3.8, 4) is 11.5 Å². The summed E-state index contributed by atoms with van der Waals surface area (Å²) in [7, 11) is 0. The fourth-order valence-electron chi connectivity index (χ4n) is 5.59. The number of benzene rings is 3. The summed E-state index contributed by atoms with van der Waals surface area (Å²) in [5.41, 5.74) is 3.17. The molecular formula is C32H34N4O2. The van der Waals surface area contributed by atoms with Crippen LogP contribution in [0.1, 0.15) is 52.6 Å². The summed E-state index contributed by atoms with van der Waals surface area (Å²) in [5.74, 6) is 3.03. The van der Waals surface area contributed by atoms with Gasteiger partial charge in [0, 0.05) is 50.8 Å². The minimum Gasteiger partial charge on any atom is -0.457 e. The molecule has 1 saturated heterocycles. The number of fused-ring (bicyclic) bond motifs is 1. The highest BCUT2D eigenvalue weighted by Gasteiger charge is 2.26.